The minimum absolute atomic E-state index is 0.258. The molecule has 0 spiro atoms. The number of aliphatic hydroxyl groups excluding tert-OH is 1. The molecule has 23 heavy (non-hydrogen) atoms. The van der Waals surface area contributed by atoms with E-state index >= 15 is 0 Å². The Morgan fingerprint density at radius 2 is 1.52 bits per heavy atom. The zero-order valence-corrected chi connectivity index (χ0v) is 13.9. The van der Waals surface area contributed by atoms with Crippen molar-refractivity contribution in [1.29, 1.82) is 0 Å². The molecule has 0 aromatic heterocycles. The molecule has 0 amide bonds. The van der Waals surface area contributed by atoms with E-state index in [1.54, 1.807) is 0 Å². The van der Waals surface area contributed by atoms with E-state index < -0.39 is 0 Å². The van der Waals surface area contributed by atoms with Crippen molar-refractivity contribution in [3.05, 3.63) is 35.9 Å². The third-order valence-electron chi connectivity index (χ3n) is 4.76. The summed E-state index contributed by atoms with van der Waals surface area (Å²) < 4.78 is 5.40. The normalized spacial score (nSPS) is 25.3. The fourth-order valence-electron chi connectivity index (χ4n) is 3.42. The molecule has 2 saturated heterocycles. The van der Waals surface area contributed by atoms with Gasteiger partial charge in [0, 0.05) is 58.9 Å². The molecule has 0 unspecified atom stereocenters. The predicted octanol–water partition coefficient (Wildman–Crippen LogP) is 0.497. The SMILES string of the molecule is O[C@@H]1CN(CCN2CCOCC2)CCN(Cc2ccccc2)C1. The third-order valence-corrected chi connectivity index (χ3v) is 4.76. The lowest BCUT2D eigenvalue weighted by Gasteiger charge is -2.29. The van der Waals surface area contributed by atoms with E-state index in [4.69, 9.17) is 4.74 Å². The molecule has 0 aliphatic carbocycles. The van der Waals surface area contributed by atoms with Crippen LogP contribution in [0.15, 0.2) is 30.3 Å². The first kappa shape index (κ1) is 16.9. The average molecular weight is 319 g/mol. The Balaban J connectivity index is 1.45. The van der Waals surface area contributed by atoms with Crippen LogP contribution in [-0.2, 0) is 11.3 Å². The summed E-state index contributed by atoms with van der Waals surface area (Å²) in [7, 11) is 0. The Morgan fingerprint density at radius 1 is 0.870 bits per heavy atom. The van der Waals surface area contributed by atoms with Crippen LogP contribution >= 0.6 is 0 Å². The van der Waals surface area contributed by atoms with Gasteiger partial charge in [-0.3, -0.25) is 14.7 Å². The van der Waals surface area contributed by atoms with Crippen molar-refractivity contribution in [2.24, 2.45) is 0 Å². The fourth-order valence-corrected chi connectivity index (χ4v) is 3.42. The first-order chi connectivity index (χ1) is 11.3. The van der Waals surface area contributed by atoms with Crippen molar-refractivity contribution in [3.63, 3.8) is 0 Å². The second kappa shape index (κ2) is 8.76. The summed E-state index contributed by atoms with van der Waals surface area (Å²) in [6, 6.07) is 10.5. The Hall–Kier alpha value is -0.980. The van der Waals surface area contributed by atoms with Crippen LogP contribution in [-0.4, -0.2) is 91.5 Å². The molecule has 1 aromatic carbocycles. The highest BCUT2D eigenvalue weighted by molar-refractivity contribution is 5.14. The van der Waals surface area contributed by atoms with Gasteiger partial charge in [-0.2, -0.15) is 0 Å². The van der Waals surface area contributed by atoms with Crippen molar-refractivity contribution < 1.29 is 9.84 Å². The third kappa shape index (κ3) is 5.55. The van der Waals surface area contributed by atoms with Gasteiger partial charge in [-0.1, -0.05) is 30.3 Å². The fraction of sp³-hybridized carbons (Fsp3) is 0.667. The van der Waals surface area contributed by atoms with E-state index in [1.165, 1.54) is 5.56 Å². The molecule has 2 heterocycles. The lowest BCUT2D eigenvalue weighted by Crippen LogP contribution is -2.43. The zero-order valence-electron chi connectivity index (χ0n) is 13.9. The van der Waals surface area contributed by atoms with Gasteiger partial charge in [0.05, 0.1) is 19.3 Å². The van der Waals surface area contributed by atoms with Crippen LogP contribution in [0.1, 0.15) is 5.56 Å². The molecule has 2 aliphatic heterocycles. The minimum Gasteiger partial charge on any atom is -0.390 e. The number of aliphatic hydroxyl groups is 1. The molecule has 0 bridgehead atoms. The molecule has 0 saturated carbocycles. The standard InChI is InChI=1S/C18H29N3O2/c22-18-15-20(7-6-19-10-12-23-13-11-19)8-9-21(16-18)14-17-4-2-1-3-5-17/h1-5,18,22H,6-16H2/t18-/m1/s1. The number of nitrogens with zero attached hydrogens (tertiary/aromatic N) is 3. The Kier molecular flexibility index (Phi) is 6.42. The number of ether oxygens (including phenoxy) is 1. The summed E-state index contributed by atoms with van der Waals surface area (Å²) in [5.41, 5.74) is 1.32. The molecule has 1 N–H and O–H groups in total. The van der Waals surface area contributed by atoms with Gasteiger partial charge in [0.15, 0.2) is 0 Å². The minimum atomic E-state index is -0.258. The number of morpholine rings is 1. The Bertz CT molecular complexity index is 451. The van der Waals surface area contributed by atoms with Crippen molar-refractivity contribution in [1.82, 2.24) is 14.7 Å². The van der Waals surface area contributed by atoms with Crippen LogP contribution in [0.4, 0.5) is 0 Å². The van der Waals surface area contributed by atoms with E-state index in [2.05, 4.69) is 39.0 Å². The predicted molar refractivity (Wildman–Crippen MR) is 91.4 cm³/mol. The number of hydrogen-bond donors (Lipinski definition) is 1. The second-order valence-corrected chi connectivity index (χ2v) is 6.63. The van der Waals surface area contributed by atoms with Crippen LogP contribution in [0, 0.1) is 0 Å². The molecule has 1 atom stereocenters. The molecule has 128 valence electrons. The molecule has 3 rings (SSSR count). The maximum absolute atomic E-state index is 10.3. The van der Waals surface area contributed by atoms with Crippen LogP contribution in [0.25, 0.3) is 0 Å². The lowest BCUT2D eigenvalue weighted by atomic mass is 10.2. The van der Waals surface area contributed by atoms with Gasteiger partial charge in [-0.15, -0.1) is 0 Å². The van der Waals surface area contributed by atoms with E-state index in [1.807, 2.05) is 6.07 Å². The van der Waals surface area contributed by atoms with Gasteiger partial charge >= 0.3 is 0 Å². The van der Waals surface area contributed by atoms with Gasteiger partial charge in [0.1, 0.15) is 0 Å². The van der Waals surface area contributed by atoms with Crippen molar-refractivity contribution >= 4 is 0 Å². The molecule has 0 radical (unpaired) electrons. The van der Waals surface area contributed by atoms with Gasteiger partial charge in [-0.05, 0) is 5.56 Å². The number of benzene rings is 1. The van der Waals surface area contributed by atoms with Gasteiger partial charge in [0.25, 0.3) is 0 Å². The van der Waals surface area contributed by atoms with Crippen molar-refractivity contribution in [3.8, 4) is 0 Å². The van der Waals surface area contributed by atoms with E-state index in [-0.39, 0.29) is 6.10 Å². The summed E-state index contributed by atoms with van der Waals surface area (Å²) in [5.74, 6) is 0. The Morgan fingerprint density at radius 3 is 2.30 bits per heavy atom. The molecule has 1 aromatic rings. The van der Waals surface area contributed by atoms with Crippen LogP contribution in [0.2, 0.25) is 0 Å². The van der Waals surface area contributed by atoms with Crippen LogP contribution in [0.3, 0.4) is 0 Å². The highest BCUT2D eigenvalue weighted by Gasteiger charge is 2.21. The molecule has 2 fully saturated rings. The lowest BCUT2D eigenvalue weighted by molar-refractivity contribution is 0.0314. The summed E-state index contributed by atoms with van der Waals surface area (Å²) >= 11 is 0. The maximum Gasteiger partial charge on any atom is 0.0793 e. The van der Waals surface area contributed by atoms with Gasteiger partial charge in [0.2, 0.25) is 0 Å². The summed E-state index contributed by atoms with van der Waals surface area (Å²) in [5, 5.41) is 10.3. The smallest absolute Gasteiger partial charge is 0.0793 e. The topological polar surface area (TPSA) is 39.2 Å². The molecule has 2 aliphatic rings. The number of rotatable bonds is 5. The van der Waals surface area contributed by atoms with E-state index in [0.29, 0.717) is 0 Å². The molecular formula is C18H29N3O2. The van der Waals surface area contributed by atoms with Gasteiger partial charge < -0.3 is 9.84 Å². The Labute approximate surface area is 139 Å². The molecule has 5 nitrogen and oxygen atoms in total. The van der Waals surface area contributed by atoms with Crippen molar-refractivity contribution in [2.45, 2.75) is 12.6 Å². The molecular weight excluding hydrogens is 290 g/mol. The first-order valence-corrected chi connectivity index (χ1v) is 8.76. The largest absolute Gasteiger partial charge is 0.390 e. The van der Waals surface area contributed by atoms with Crippen LogP contribution in [0.5, 0.6) is 0 Å². The van der Waals surface area contributed by atoms with Crippen LogP contribution < -0.4 is 0 Å². The van der Waals surface area contributed by atoms with E-state index in [9.17, 15) is 5.11 Å². The van der Waals surface area contributed by atoms with Gasteiger partial charge in [-0.25, -0.2) is 0 Å². The second-order valence-electron chi connectivity index (χ2n) is 6.63. The quantitative estimate of drug-likeness (QED) is 0.856. The maximum atomic E-state index is 10.3. The summed E-state index contributed by atoms with van der Waals surface area (Å²) in [6.07, 6.45) is -0.258. The number of β-amino-alcohol motifs (C(OH)–C–C–N with tert-alkyl or cyclic N) is 1. The first-order valence-electron chi connectivity index (χ1n) is 8.76. The molecule has 5 heteroatoms. The highest BCUT2D eigenvalue weighted by Crippen LogP contribution is 2.09. The zero-order chi connectivity index (χ0) is 15.9. The summed E-state index contributed by atoms with van der Waals surface area (Å²) in [4.78, 5) is 7.24. The van der Waals surface area contributed by atoms with E-state index in [0.717, 1.165) is 72.1 Å². The number of hydrogen-bond acceptors (Lipinski definition) is 5. The highest BCUT2D eigenvalue weighted by atomic mass is 16.5. The summed E-state index contributed by atoms with van der Waals surface area (Å²) in [6.45, 7) is 10.4. The average Bonchev–Trinajstić information content (AvgIpc) is 2.76. The monoisotopic (exact) mass is 319 g/mol. The van der Waals surface area contributed by atoms with Crippen molar-refractivity contribution in [2.75, 3.05) is 65.6 Å².